The summed E-state index contributed by atoms with van der Waals surface area (Å²) in [5.74, 6) is 0.633. The maximum Gasteiger partial charge on any atom is 0.151 e. The number of nitrogens with zero attached hydrogens (tertiary/aromatic N) is 1. The summed E-state index contributed by atoms with van der Waals surface area (Å²) in [6.45, 7) is 7.06. The van der Waals surface area contributed by atoms with Gasteiger partial charge in [0.25, 0.3) is 0 Å². The summed E-state index contributed by atoms with van der Waals surface area (Å²) < 4.78 is 23.2. The Labute approximate surface area is 128 Å². The largest absolute Gasteiger partial charge is 0.372 e. The molecule has 0 amide bonds. The molecule has 1 aliphatic heterocycles. The molecular weight excluding hydrogens is 284 g/mol. The van der Waals surface area contributed by atoms with E-state index in [2.05, 4.69) is 48.3 Å². The minimum atomic E-state index is -2.83. The van der Waals surface area contributed by atoms with Crippen LogP contribution in [0.3, 0.4) is 0 Å². The average molecular weight is 310 g/mol. The summed E-state index contributed by atoms with van der Waals surface area (Å²) in [7, 11) is -2.83. The molecule has 1 saturated heterocycles. The molecule has 1 unspecified atom stereocenters. The molecule has 1 heterocycles. The van der Waals surface area contributed by atoms with Crippen LogP contribution in [0.25, 0.3) is 0 Å². The topological polar surface area (TPSA) is 49.4 Å². The number of rotatable bonds is 6. The molecular formula is C16H26N2O2S. The van der Waals surface area contributed by atoms with E-state index in [0.29, 0.717) is 5.75 Å². The highest BCUT2D eigenvalue weighted by Gasteiger charge is 2.24. The highest BCUT2D eigenvalue weighted by Crippen LogP contribution is 2.16. The van der Waals surface area contributed by atoms with Gasteiger partial charge in [0.15, 0.2) is 9.84 Å². The second-order valence-electron chi connectivity index (χ2n) is 5.67. The van der Waals surface area contributed by atoms with E-state index in [4.69, 9.17) is 0 Å². The van der Waals surface area contributed by atoms with Gasteiger partial charge in [-0.25, -0.2) is 8.42 Å². The molecule has 1 aromatic rings. The Morgan fingerprint density at radius 3 is 2.43 bits per heavy atom. The third-order valence-corrected chi connectivity index (χ3v) is 5.94. The van der Waals surface area contributed by atoms with Gasteiger partial charge in [0.2, 0.25) is 0 Å². The Morgan fingerprint density at radius 1 is 1.19 bits per heavy atom. The molecule has 0 radical (unpaired) electrons. The van der Waals surface area contributed by atoms with Crippen molar-refractivity contribution in [2.75, 3.05) is 29.5 Å². The molecule has 1 aromatic carbocycles. The number of sulfone groups is 1. The van der Waals surface area contributed by atoms with Crippen LogP contribution in [0, 0.1) is 0 Å². The molecule has 4 nitrogen and oxygen atoms in total. The van der Waals surface area contributed by atoms with E-state index in [0.717, 1.165) is 32.5 Å². The second-order valence-corrected chi connectivity index (χ2v) is 7.90. The maximum atomic E-state index is 11.6. The number of hydrogen-bond acceptors (Lipinski definition) is 4. The molecule has 0 saturated carbocycles. The van der Waals surface area contributed by atoms with Crippen LogP contribution in [0.15, 0.2) is 24.3 Å². The van der Waals surface area contributed by atoms with Crippen molar-refractivity contribution in [1.29, 1.82) is 0 Å². The van der Waals surface area contributed by atoms with Gasteiger partial charge in [-0.15, -0.1) is 0 Å². The van der Waals surface area contributed by atoms with E-state index in [-0.39, 0.29) is 11.8 Å². The number of anilines is 1. The minimum absolute atomic E-state index is 0.103. The lowest BCUT2D eigenvalue weighted by Crippen LogP contribution is -2.39. The van der Waals surface area contributed by atoms with Gasteiger partial charge in [-0.2, -0.15) is 0 Å². The molecule has 118 valence electrons. The minimum Gasteiger partial charge on any atom is -0.372 e. The Balaban J connectivity index is 1.89. The third-order valence-electron chi connectivity index (χ3n) is 4.12. The Morgan fingerprint density at radius 2 is 1.86 bits per heavy atom. The van der Waals surface area contributed by atoms with Crippen molar-refractivity contribution in [2.45, 2.75) is 39.3 Å². The van der Waals surface area contributed by atoms with Crippen LogP contribution in [0.4, 0.5) is 5.69 Å². The summed E-state index contributed by atoms with van der Waals surface area (Å²) in [4.78, 5) is 2.31. The lowest BCUT2D eigenvalue weighted by Gasteiger charge is -2.24. The first-order valence-electron chi connectivity index (χ1n) is 7.81. The number of benzene rings is 1. The normalized spacial score (nSPS) is 21.1. The standard InChI is InChI=1S/C16H26N2O2S/c1-3-18(4-2)16-9-7-14(8-10-16)12-17-15-6-5-11-21(19,20)13-15/h7-10,15,17H,3-6,11-13H2,1-2H3. The van der Waals surface area contributed by atoms with E-state index in [9.17, 15) is 8.42 Å². The van der Waals surface area contributed by atoms with Gasteiger partial charge >= 0.3 is 0 Å². The fourth-order valence-electron chi connectivity index (χ4n) is 2.86. The van der Waals surface area contributed by atoms with Crippen molar-refractivity contribution >= 4 is 15.5 Å². The molecule has 21 heavy (non-hydrogen) atoms. The van der Waals surface area contributed by atoms with Crippen LogP contribution in [-0.2, 0) is 16.4 Å². The van der Waals surface area contributed by atoms with Gasteiger partial charge in [0, 0.05) is 31.4 Å². The van der Waals surface area contributed by atoms with Gasteiger partial charge in [0.05, 0.1) is 11.5 Å². The molecule has 0 aliphatic carbocycles. The van der Waals surface area contributed by atoms with Crippen LogP contribution < -0.4 is 10.2 Å². The molecule has 0 aromatic heterocycles. The van der Waals surface area contributed by atoms with E-state index >= 15 is 0 Å². The molecule has 0 bridgehead atoms. The quantitative estimate of drug-likeness (QED) is 0.875. The van der Waals surface area contributed by atoms with E-state index < -0.39 is 9.84 Å². The zero-order valence-electron chi connectivity index (χ0n) is 13.0. The predicted octanol–water partition coefficient (Wildman–Crippen LogP) is 2.20. The SMILES string of the molecule is CCN(CC)c1ccc(CNC2CCCS(=O)(=O)C2)cc1. The van der Waals surface area contributed by atoms with Gasteiger partial charge in [-0.1, -0.05) is 12.1 Å². The predicted molar refractivity (Wildman–Crippen MR) is 88.5 cm³/mol. The Hall–Kier alpha value is -1.07. The van der Waals surface area contributed by atoms with Crippen molar-refractivity contribution < 1.29 is 8.42 Å². The zero-order valence-corrected chi connectivity index (χ0v) is 13.8. The maximum absolute atomic E-state index is 11.6. The molecule has 1 N–H and O–H groups in total. The lowest BCUT2D eigenvalue weighted by atomic mass is 10.1. The van der Waals surface area contributed by atoms with Crippen molar-refractivity contribution in [3.63, 3.8) is 0 Å². The number of hydrogen-bond donors (Lipinski definition) is 1. The summed E-state index contributed by atoms with van der Waals surface area (Å²) in [5.41, 5.74) is 2.44. The molecule has 1 aliphatic rings. The summed E-state index contributed by atoms with van der Waals surface area (Å²) in [6, 6.07) is 8.63. The Bertz CT molecular complexity index is 536. The monoisotopic (exact) mass is 310 g/mol. The Kier molecular flexibility index (Phi) is 5.65. The molecule has 1 fully saturated rings. The van der Waals surface area contributed by atoms with Crippen molar-refractivity contribution in [3.8, 4) is 0 Å². The first-order chi connectivity index (χ1) is 10.0. The number of nitrogens with one attached hydrogen (secondary N) is 1. The highest BCUT2D eigenvalue weighted by atomic mass is 32.2. The zero-order chi connectivity index (χ0) is 15.3. The third kappa shape index (κ3) is 4.71. The summed E-state index contributed by atoms with van der Waals surface area (Å²) in [5, 5.41) is 3.38. The summed E-state index contributed by atoms with van der Waals surface area (Å²) in [6.07, 6.45) is 1.73. The van der Waals surface area contributed by atoms with Gasteiger partial charge in [-0.3, -0.25) is 0 Å². The van der Waals surface area contributed by atoms with E-state index in [1.807, 2.05) is 0 Å². The highest BCUT2D eigenvalue weighted by molar-refractivity contribution is 7.91. The summed E-state index contributed by atoms with van der Waals surface area (Å²) >= 11 is 0. The van der Waals surface area contributed by atoms with E-state index in [1.165, 1.54) is 11.3 Å². The van der Waals surface area contributed by atoms with Gasteiger partial charge in [0.1, 0.15) is 0 Å². The molecule has 1 atom stereocenters. The lowest BCUT2D eigenvalue weighted by molar-refractivity contribution is 0.480. The van der Waals surface area contributed by atoms with Crippen LogP contribution in [0.5, 0.6) is 0 Å². The first-order valence-corrected chi connectivity index (χ1v) is 9.64. The first kappa shape index (κ1) is 16.3. The van der Waals surface area contributed by atoms with Crippen LogP contribution in [-0.4, -0.2) is 39.1 Å². The fourth-order valence-corrected chi connectivity index (χ4v) is 4.53. The van der Waals surface area contributed by atoms with Crippen molar-refractivity contribution in [3.05, 3.63) is 29.8 Å². The van der Waals surface area contributed by atoms with Crippen molar-refractivity contribution in [1.82, 2.24) is 5.32 Å². The smallest absolute Gasteiger partial charge is 0.151 e. The van der Waals surface area contributed by atoms with Crippen LogP contribution >= 0.6 is 0 Å². The van der Waals surface area contributed by atoms with Crippen LogP contribution in [0.1, 0.15) is 32.3 Å². The van der Waals surface area contributed by atoms with Crippen molar-refractivity contribution in [2.24, 2.45) is 0 Å². The fraction of sp³-hybridized carbons (Fsp3) is 0.625. The van der Waals surface area contributed by atoms with Gasteiger partial charge in [-0.05, 0) is 44.4 Å². The van der Waals surface area contributed by atoms with Gasteiger partial charge < -0.3 is 10.2 Å². The molecule has 0 spiro atoms. The molecule has 5 heteroatoms. The second kappa shape index (κ2) is 7.27. The van der Waals surface area contributed by atoms with Crippen LogP contribution in [0.2, 0.25) is 0 Å². The molecule has 2 rings (SSSR count). The van der Waals surface area contributed by atoms with E-state index in [1.54, 1.807) is 0 Å². The average Bonchev–Trinajstić information content (AvgIpc) is 2.47.